The first kappa shape index (κ1) is 14.9. The maximum Gasteiger partial charge on any atom is 0.123 e. The third-order valence-corrected chi connectivity index (χ3v) is 2.87. The fourth-order valence-corrected chi connectivity index (χ4v) is 1.86. The Hall–Kier alpha value is -1.15. The number of allylic oxidation sites excluding steroid dienone is 1. The molecule has 0 aliphatic carbocycles. The third-order valence-electron chi connectivity index (χ3n) is 2.87. The topological polar surface area (TPSA) is 12.0 Å². The molecule has 0 fully saturated rings. The van der Waals surface area contributed by atoms with Crippen molar-refractivity contribution in [2.45, 2.75) is 46.6 Å². The van der Waals surface area contributed by atoms with E-state index in [1.807, 2.05) is 19.9 Å². The molecule has 100 valence electrons. The smallest absolute Gasteiger partial charge is 0.123 e. The number of hydrogen-bond acceptors (Lipinski definition) is 1. The van der Waals surface area contributed by atoms with Crippen LogP contribution in [0.25, 0.3) is 5.57 Å². The molecule has 1 N–H and O–H groups in total. The summed E-state index contributed by atoms with van der Waals surface area (Å²) in [6, 6.07) is 4.95. The number of aryl methyl sites for hydroxylation is 1. The van der Waals surface area contributed by atoms with Gasteiger partial charge in [0.15, 0.2) is 0 Å². The monoisotopic (exact) mass is 249 g/mol. The molecule has 0 bridgehead atoms. The minimum Gasteiger partial charge on any atom is -0.312 e. The molecule has 0 saturated carbocycles. The van der Waals surface area contributed by atoms with Crippen LogP contribution in [0.4, 0.5) is 4.39 Å². The Balaban J connectivity index is 2.63. The molecular weight excluding hydrogens is 225 g/mol. The molecular formula is C16H24FN. The second kappa shape index (κ2) is 6.14. The summed E-state index contributed by atoms with van der Waals surface area (Å²) in [5, 5.41) is 3.44. The van der Waals surface area contributed by atoms with Crippen molar-refractivity contribution in [1.82, 2.24) is 5.32 Å². The molecule has 0 aliphatic rings. The second-order valence-corrected chi connectivity index (χ2v) is 5.81. The summed E-state index contributed by atoms with van der Waals surface area (Å²) in [7, 11) is 0. The second-order valence-electron chi connectivity index (χ2n) is 5.81. The largest absolute Gasteiger partial charge is 0.312 e. The highest BCUT2D eigenvalue weighted by molar-refractivity contribution is 5.66. The predicted molar refractivity (Wildman–Crippen MR) is 77.2 cm³/mol. The zero-order valence-corrected chi connectivity index (χ0v) is 12.1. The number of hydrogen-bond donors (Lipinski definition) is 1. The first-order valence-electron chi connectivity index (χ1n) is 6.48. The Morgan fingerprint density at radius 1 is 1.33 bits per heavy atom. The minimum absolute atomic E-state index is 0.149. The van der Waals surface area contributed by atoms with E-state index >= 15 is 0 Å². The highest BCUT2D eigenvalue weighted by Gasteiger charge is 2.07. The lowest BCUT2D eigenvalue weighted by atomic mass is 10.0. The van der Waals surface area contributed by atoms with Crippen LogP contribution in [0.15, 0.2) is 24.3 Å². The van der Waals surface area contributed by atoms with Gasteiger partial charge in [-0.3, -0.25) is 0 Å². The van der Waals surface area contributed by atoms with E-state index in [2.05, 4.69) is 32.2 Å². The Labute approximate surface area is 110 Å². The summed E-state index contributed by atoms with van der Waals surface area (Å²) in [5.74, 6) is -0.170. The fraction of sp³-hybridized carbons (Fsp3) is 0.500. The van der Waals surface area contributed by atoms with E-state index in [9.17, 15) is 4.39 Å². The van der Waals surface area contributed by atoms with Crippen LogP contribution in [0.3, 0.4) is 0 Å². The van der Waals surface area contributed by atoms with Crippen molar-refractivity contribution in [2.75, 3.05) is 6.54 Å². The highest BCUT2D eigenvalue weighted by atomic mass is 19.1. The van der Waals surface area contributed by atoms with Gasteiger partial charge in [0.05, 0.1) is 0 Å². The average Bonchev–Trinajstić information content (AvgIpc) is 2.26. The molecule has 0 radical (unpaired) electrons. The average molecular weight is 249 g/mol. The van der Waals surface area contributed by atoms with Crippen molar-refractivity contribution in [3.05, 3.63) is 41.2 Å². The first-order chi connectivity index (χ1) is 8.29. The number of nitrogens with one attached hydrogen (secondary N) is 1. The minimum atomic E-state index is -0.170. The molecule has 1 nitrogen and oxygen atoms in total. The molecule has 1 aromatic rings. The number of rotatable bonds is 4. The first-order valence-corrected chi connectivity index (χ1v) is 6.48. The van der Waals surface area contributed by atoms with Crippen LogP contribution in [0.1, 0.15) is 45.2 Å². The van der Waals surface area contributed by atoms with E-state index in [4.69, 9.17) is 0 Å². The van der Waals surface area contributed by atoms with Gasteiger partial charge in [0.1, 0.15) is 5.82 Å². The van der Waals surface area contributed by atoms with Gasteiger partial charge in [0, 0.05) is 5.54 Å². The summed E-state index contributed by atoms with van der Waals surface area (Å²) < 4.78 is 13.2. The Bertz CT molecular complexity index is 427. The van der Waals surface area contributed by atoms with Gasteiger partial charge in [-0.1, -0.05) is 12.1 Å². The van der Waals surface area contributed by atoms with Gasteiger partial charge in [-0.15, -0.1) is 0 Å². The van der Waals surface area contributed by atoms with E-state index in [-0.39, 0.29) is 11.4 Å². The van der Waals surface area contributed by atoms with Gasteiger partial charge in [-0.25, -0.2) is 4.39 Å². The highest BCUT2D eigenvalue weighted by Crippen LogP contribution is 2.19. The van der Waals surface area contributed by atoms with Crippen molar-refractivity contribution in [2.24, 2.45) is 0 Å². The van der Waals surface area contributed by atoms with Crippen molar-refractivity contribution in [1.29, 1.82) is 0 Å². The van der Waals surface area contributed by atoms with Crippen molar-refractivity contribution >= 4 is 5.57 Å². The van der Waals surface area contributed by atoms with Gasteiger partial charge in [-0.2, -0.15) is 0 Å². The molecule has 1 rings (SSSR count). The summed E-state index contributed by atoms with van der Waals surface area (Å²) in [6.45, 7) is 11.5. The van der Waals surface area contributed by atoms with E-state index < -0.39 is 0 Å². The van der Waals surface area contributed by atoms with Gasteiger partial charge >= 0.3 is 0 Å². The lowest BCUT2D eigenvalue weighted by Gasteiger charge is -2.19. The van der Waals surface area contributed by atoms with Crippen LogP contribution in [-0.2, 0) is 0 Å². The maximum absolute atomic E-state index is 13.2. The van der Waals surface area contributed by atoms with Crippen LogP contribution in [0, 0.1) is 12.7 Å². The Kier molecular flexibility index (Phi) is 5.09. The zero-order chi connectivity index (χ0) is 13.8. The van der Waals surface area contributed by atoms with Crippen molar-refractivity contribution in [3.63, 3.8) is 0 Å². The molecule has 0 atom stereocenters. The van der Waals surface area contributed by atoms with Crippen LogP contribution in [0.5, 0.6) is 0 Å². The van der Waals surface area contributed by atoms with E-state index in [0.29, 0.717) is 0 Å². The molecule has 0 aromatic heterocycles. The van der Waals surface area contributed by atoms with Gasteiger partial charge in [0.2, 0.25) is 0 Å². The van der Waals surface area contributed by atoms with Crippen molar-refractivity contribution in [3.8, 4) is 0 Å². The molecule has 0 heterocycles. The molecule has 0 unspecified atom stereocenters. The van der Waals surface area contributed by atoms with Crippen LogP contribution >= 0.6 is 0 Å². The quantitative estimate of drug-likeness (QED) is 0.784. The summed E-state index contributed by atoms with van der Waals surface area (Å²) >= 11 is 0. The number of benzene rings is 1. The molecule has 0 spiro atoms. The molecule has 0 saturated heterocycles. The molecule has 0 aliphatic heterocycles. The lowest BCUT2D eigenvalue weighted by Crippen LogP contribution is -2.36. The maximum atomic E-state index is 13.2. The van der Waals surface area contributed by atoms with E-state index in [0.717, 1.165) is 29.7 Å². The Morgan fingerprint density at radius 3 is 2.61 bits per heavy atom. The van der Waals surface area contributed by atoms with Crippen LogP contribution in [-0.4, -0.2) is 12.1 Å². The predicted octanol–water partition coefficient (Wildman–Crippen LogP) is 4.32. The molecule has 2 heteroatoms. The standard InChI is InChI=1S/C16H24FN/c1-12(7-6-10-18-16(3,4)5)15-11-14(17)9-8-13(15)2/h7-9,11,18H,6,10H2,1-5H3. The zero-order valence-electron chi connectivity index (χ0n) is 12.1. The third kappa shape index (κ3) is 5.01. The fourth-order valence-electron chi connectivity index (χ4n) is 1.86. The molecule has 0 amide bonds. The van der Waals surface area contributed by atoms with Crippen LogP contribution < -0.4 is 5.32 Å². The van der Waals surface area contributed by atoms with Gasteiger partial charge in [0.25, 0.3) is 0 Å². The Morgan fingerprint density at radius 2 is 2.00 bits per heavy atom. The molecule has 18 heavy (non-hydrogen) atoms. The summed E-state index contributed by atoms with van der Waals surface area (Å²) in [4.78, 5) is 0. The number of halogens is 1. The van der Waals surface area contributed by atoms with Gasteiger partial charge < -0.3 is 5.32 Å². The van der Waals surface area contributed by atoms with Crippen molar-refractivity contribution < 1.29 is 4.39 Å². The normalized spacial score (nSPS) is 12.9. The summed E-state index contributed by atoms with van der Waals surface area (Å²) in [6.07, 6.45) is 3.12. The molecule has 1 aromatic carbocycles. The SMILES string of the molecule is CC(=CCCNC(C)(C)C)c1cc(F)ccc1C. The van der Waals surface area contributed by atoms with Gasteiger partial charge in [-0.05, 0) is 76.4 Å². The van der Waals surface area contributed by atoms with Crippen LogP contribution in [0.2, 0.25) is 0 Å². The summed E-state index contributed by atoms with van der Waals surface area (Å²) in [5.41, 5.74) is 3.42. The lowest BCUT2D eigenvalue weighted by molar-refractivity contribution is 0.431. The van der Waals surface area contributed by atoms with E-state index in [1.165, 1.54) is 6.07 Å². The van der Waals surface area contributed by atoms with E-state index in [1.54, 1.807) is 6.07 Å².